The summed E-state index contributed by atoms with van der Waals surface area (Å²) in [5.41, 5.74) is -0.217. The molecule has 0 heterocycles. The van der Waals surface area contributed by atoms with Crippen molar-refractivity contribution in [2.24, 2.45) is 0 Å². The minimum atomic E-state index is -4.63. The van der Waals surface area contributed by atoms with Crippen LogP contribution in [0.25, 0.3) is 0 Å². The molecule has 2 aromatic rings. The molecule has 0 amide bonds. The lowest BCUT2D eigenvalue weighted by molar-refractivity contribution is -0.384. The molecule has 122 valence electrons. The second-order valence-electron chi connectivity index (χ2n) is 5.05. The lowest BCUT2D eigenvalue weighted by Gasteiger charge is -2.14. The third-order valence-electron chi connectivity index (χ3n) is 3.18. The van der Waals surface area contributed by atoms with Crippen LogP contribution in [-0.2, 0) is 6.18 Å². The summed E-state index contributed by atoms with van der Waals surface area (Å²) < 4.78 is 38.0. The number of halogens is 3. The smallest absolute Gasteiger partial charge is 0.378 e. The fourth-order valence-electron chi connectivity index (χ4n) is 1.96. The Balaban J connectivity index is 2.34. The van der Waals surface area contributed by atoms with Crippen LogP contribution in [0.4, 0.5) is 35.9 Å². The van der Waals surface area contributed by atoms with Gasteiger partial charge in [-0.3, -0.25) is 10.1 Å². The van der Waals surface area contributed by atoms with E-state index in [4.69, 9.17) is 0 Å². The molecule has 0 saturated heterocycles. The fraction of sp³-hybridized carbons (Fsp3) is 0.200. The van der Waals surface area contributed by atoms with Gasteiger partial charge in [-0.2, -0.15) is 13.2 Å². The number of nitrogens with one attached hydrogen (secondary N) is 1. The number of nitro benzene ring substituents is 1. The Kier molecular flexibility index (Phi) is 4.44. The van der Waals surface area contributed by atoms with Gasteiger partial charge in [0.15, 0.2) is 0 Å². The molecule has 1 N–H and O–H groups in total. The van der Waals surface area contributed by atoms with Crippen LogP contribution in [0.3, 0.4) is 0 Å². The molecule has 5 nitrogen and oxygen atoms in total. The van der Waals surface area contributed by atoms with E-state index in [9.17, 15) is 23.3 Å². The average molecular weight is 325 g/mol. The topological polar surface area (TPSA) is 58.4 Å². The monoisotopic (exact) mass is 325 g/mol. The fourth-order valence-corrected chi connectivity index (χ4v) is 1.96. The number of nitro groups is 1. The van der Waals surface area contributed by atoms with Crippen LogP contribution in [-0.4, -0.2) is 19.0 Å². The molecule has 0 aliphatic rings. The third-order valence-corrected chi connectivity index (χ3v) is 3.18. The molecule has 23 heavy (non-hydrogen) atoms. The highest BCUT2D eigenvalue weighted by molar-refractivity contribution is 5.71. The Bertz CT molecular complexity index is 713. The molecule has 0 radical (unpaired) electrons. The van der Waals surface area contributed by atoms with Gasteiger partial charge in [-0.05, 0) is 36.4 Å². The number of hydrogen-bond donors (Lipinski definition) is 1. The maximum absolute atomic E-state index is 12.7. The largest absolute Gasteiger partial charge is 0.416 e. The van der Waals surface area contributed by atoms with Gasteiger partial charge in [-0.25, -0.2) is 0 Å². The van der Waals surface area contributed by atoms with Gasteiger partial charge in [0.2, 0.25) is 0 Å². The van der Waals surface area contributed by atoms with Crippen molar-refractivity contribution < 1.29 is 18.1 Å². The van der Waals surface area contributed by atoms with E-state index >= 15 is 0 Å². The highest BCUT2D eigenvalue weighted by atomic mass is 19.4. The van der Waals surface area contributed by atoms with E-state index in [-0.39, 0.29) is 5.69 Å². The summed E-state index contributed by atoms with van der Waals surface area (Å²) >= 11 is 0. The standard InChI is InChI=1S/C15H14F3N3O2/c1-20(2)12-6-4-11(5-7-12)19-13-8-3-10(15(16,17)18)9-14(13)21(22)23/h3-9,19H,1-2H3. The van der Waals surface area contributed by atoms with Gasteiger partial charge in [0.05, 0.1) is 10.5 Å². The summed E-state index contributed by atoms with van der Waals surface area (Å²) in [5, 5.41) is 13.8. The number of anilines is 3. The zero-order valence-electron chi connectivity index (χ0n) is 12.4. The quantitative estimate of drug-likeness (QED) is 0.667. The summed E-state index contributed by atoms with van der Waals surface area (Å²) in [7, 11) is 3.73. The van der Waals surface area contributed by atoms with Crippen molar-refractivity contribution in [1.29, 1.82) is 0 Å². The molecule has 0 bridgehead atoms. The first-order chi connectivity index (χ1) is 10.7. The molecule has 0 unspecified atom stereocenters. The molecule has 0 atom stereocenters. The van der Waals surface area contributed by atoms with Crippen molar-refractivity contribution in [3.63, 3.8) is 0 Å². The van der Waals surface area contributed by atoms with E-state index < -0.39 is 22.4 Å². The Morgan fingerprint density at radius 2 is 1.70 bits per heavy atom. The molecule has 0 aliphatic carbocycles. The lowest BCUT2D eigenvalue weighted by Crippen LogP contribution is -2.08. The summed E-state index contributed by atoms with van der Waals surface area (Å²) in [6.07, 6.45) is -4.63. The zero-order chi connectivity index (χ0) is 17.2. The Morgan fingerprint density at radius 3 is 2.17 bits per heavy atom. The van der Waals surface area contributed by atoms with Crippen molar-refractivity contribution in [3.8, 4) is 0 Å². The zero-order valence-corrected chi connectivity index (χ0v) is 12.4. The number of rotatable bonds is 4. The summed E-state index contributed by atoms with van der Waals surface area (Å²) in [6, 6.07) is 9.35. The van der Waals surface area contributed by atoms with Gasteiger partial charge in [0, 0.05) is 31.5 Å². The Hall–Kier alpha value is -2.77. The Labute approximate surface area is 130 Å². The van der Waals surface area contributed by atoms with Gasteiger partial charge in [0.1, 0.15) is 5.69 Å². The van der Waals surface area contributed by atoms with Crippen molar-refractivity contribution in [2.75, 3.05) is 24.3 Å². The van der Waals surface area contributed by atoms with Crippen molar-refractivity contribution in [1.82, 2.24) is 0 Å². The van der Waals surface area contributed by atoms with Crippen molar-refractivity contribution in [2.45, 2.75) is 6.18 Å². The number of alkyl halides is 3. The predicted molar refractivity (Wildman–Crippen MR) is 82.2 cm³/mol. The van der Waals surface area contributed by atoms with E-state index in [0.29, 0.717) is 11.8 Å². The summed E-state index contributed by atoms with van der Waals surface area (Å²) in [5.74, 6) is 0. The summed E-state index contributed by atoms with van der Waals surface area (Å²) in [6.45, 7) is 0. The summed E-state index contributed by atoms with van der Waals surface area (Å²) in [4.78, 5) is 12.1. The second-order valence-corrected chi connectivity index (χ2v) is 5.05. The third kappa shape index (κ3) is 3.91. The minimum absolute atomic E-state index is 0.000558. The van der Waals surface area contributed by atoms with E-state index in [1.807, 2.05) is 19.0 Å². The molecular formula is C15H14F3N3O2. The van der Waals surface area contributed by atoms with Gasteiger partial charge in [-0.1, -0.05) is 0 Å². The SMILES string of the molecule is CN(C)c1ccc(Nc2ccc(C(F)(F)F)cc2[N+](=O)[O-])cc1. The van der Waals surface area contributed by atoms with Gasteiger partial charge >= 0.3 is 6.18 Å². The highest BCUT2D eigenvalue weighted by Gasteiger charge is 2.33. The van der Waals surface area contributed by atoms with Crippen LogP contribution in [0.1, 0.15) is 5.56 Å². The van der Waals surface area contributed by atoms with Crippen LogP contribution in [0, 0.1) is 10.1 Å². The van der Waals surface area contributed by atoms with Gasteiger partial charge in [0.25, 0.3) is 5.69 Å². The molecule has 0 aromatic heterocycles. The van der Waals surface area contributed by atoms with Crippen LogP contribution in [0.15, 0.2) is 42.5 Å². The molecule has 2 aromatic carbocycles. The number of benzene rings is 2. The van der Waals surface area contributed by atoms with Crippen LogP contribution in [0.2, 0.25) is 0 Å². The van der Waals surface area contributed by atoms with E-state index in [1.54, 1.807) is 24.3 Å². The van der Waals surface area contributed by atoms with Crippen LogP contribution < -0.4 is 10.2 Å². The molecular weight excluding hydrogens is 311 g/mol. The van der Waals surface area contributed by atoms with Gasteiger partial charge < -0.3 is 10.2 Å². The number of nitrogens with zero attached hydrogens (tertiary/aromatic N) is 2. The molecule has 0 saturated carbocycles. The van der Waals surface area contributed by atoms with E-state index in [1.165, 1.54) is 0 Å². The van der Waals surface area contributed by atoms with Crippen LogP contribution in [0.5, 0.6) is 0 Å². The first-order valence-electron chi connectivity index (χ1n) is 6.58. The molecule has 0 fully saturated rings. The van der Waals surface area contributed by atoms with Crippen molar-refractivity contribution in [3.05, 3.63) is 58.1 Å². The molecule has 2 rings (SSSR count). The molecule has 0 spiro atoms. The first kappa shape index (κ1) is 16.6. The second kappa shape index (κ2) is 6.15. The predicted octanol–water partition coefficient (Wildman–Crippen LogP) is 4.42. The number of hydrogen-bond acceptors (Lipinski definition) is 4. The minimum Gasteiger partial charge on any atom is -0.378 e. The van der Waals surface area contributed by atoms with E-state index in [2.05, 4.69) is 5.32 Å². The average Bonchev–Trinajstić information content (AvgIpc) is 2.46. The first-order valence-corrected chi connectivity index (χ1v) is 6.58. The molecule has 8 heteroatoms. The van der Waals surface area contributed by atoms with Gasteiger partial charge in [-0.15, -0.1) is 0 Å². The van der Waals surface area contributed by atoms with Crippen molar-refractivity contribution >= 4 is 22.7 Å². The van der Waals surface area contributed by atoms with E-state index in [0.717, 1.165) is 17.8 Å². The molecule has 0 aliphatic heterocycles. The highest BCUT2D eigenvalue weighted by Crippen LogP contribution is 2.36. The Morgan fingerprint density at radius 1 is 1.09 bits per heavy atom. The normalized spacial score (nSPS) is 11.2. The maximum atomic E-state index is 12.7. The maximum Gasteiger partial charge on any atom is 0.416 e. The lowest BCUT2D eigenvalue weighted by atomic mass is 10.1. The van der Waals surface area contributed by atoms with Crippen LogP contribution >= 0.6 is 0 Å².